The molecule has 0 bridgehead atoms. The molecule has 1 saturated heterocycles. The molecular weight excluding hydrogens is 332 g/mol. The van der Waals surface area contributed by atoms with E-state index in [0.717, 1.165) is 32.2 Å². The van der Waals surface area contributed by atoms with Crippen LogP contribution in [0.1, 0.15) is 40.2 Å². The zero-order valence-electron chi connectivity index (χ0n) is 14.8. The number of aromatic nitrogens is 1. The molecule has 0 saturated carbocycles. The molecule has 6 nitrogen and oxygen atoms in total. The molecule has 0 aliphatic carbocycles. The molecule has 3 rings (SSSR count). The first-order chi connectivity index (χ1) is 12.8. The van der Waals surface area contributed by atoms with Gasteiger partial charge in [-0.2, -0.15) is 0 Å². The van der Waals surface area contributed by atoms with Crippen molar-refractivity contribution in [3.8, 4) is 0 Å². The van der Waals surface area contributed by atoms with Crippen LogP contribution in [-0.4, -0.2) is 37.1 Å². The molecule has 1 aromatic heterocycles. The van der Waals surface area contributed by atoms with E-state index < -0.39 is 0 Å². The highest BCUT2D eigenvalue weighted by atomic mass is 16.5. The highest BCUT2D eigenvalue weighted by Crippen LogP contribution is 2.16. The average Bonchev–Trinajstić information content (AvgIpc) is 3.31. The molecule has 1 atom stereocenters. The third kappa shape index (κ3) is 5.02. The van der Waals surface area contributed by atoms with Crippen LogP contribution in [0.2, 0.25) is 0 Å². The largest absolute Gasteiger partial charge is 0.381 e. The molecule has 0 radical (unpaired) electrons. The number of nitrogens with zero attached hydrogens (tertiary/aromatic N) is 1. The number of carbonyl (C=O) groups excluding carboxylic acids is 2. The second-order valence-electron chi connectivity index (χ2n) is 6.63. The molecule has 1 aliphatic heterocycles. The Balaban J connectivity index is 1.50. The monoisotopic (exact) mass is 356 g/mol. The van der Waals surface area contributed by atoms with E-state index in [2.05, 4.69) is 22.6 Å². The van der Waals surface area contributed by atoms with Crippen LogP contribution in [0, 0.1) is 5.92 Å². The third-order valence-electron chi connectivity index (χ3n) is 4.65. The molecule has 0 spiro atoms. The minimum absolute atomic E-state index is 0.0594. The molecular formula is C20H24N2O4. The van der Waals surface area contributed by atoms with Gasteiger partial charge in [0.25, 0.3) is 0 Å². The van der Waals surface area contributed by atoms with Crippen molar-refractivity contribution in [1.29, 1.82) is 0 Å². The predicted octanol–water partition coefficient (Wildman–Crippen LogP) is 2.36. The van der Waals surface area contributed by atoms with Crippen LogP contribution in [-0.2, 0) is 28.8 Å². The fourth-order valence-corrected chi connectivity index (χ4v) is 3.13. The van der Waals surface area contributed by atoms with E-state index in [1.807, 2.05) is 18.2 Å². The zero-order chi connectivity index (χ0) is 18.2. The number of rotatable bonds is 9. The van der Waals surface area contributed by atoms with E-state index in [9.17, 15) is 9.59 Å². The maximum absolute atomic E-state index is 12.1. The highest BCUT2D eigenvalue weighted by Gasteiger charge is 2.20. The Morgan fingerprint density at radius 3 is 2.85 bits per heavy atom. The fourth-order valence-electron chi connectivity index (χ4n) is 3.13. The molecule has 1 amide bonds. The quantitative estimate of drug-likeness (QED) is 0.698. The SMILES string of the molecule is O=Cc1c(CC(=O)NCC2CCOC2)noc1CCCc1ccccc1. The van der Waals surface area contributed by atoms with Gasteiger partial charge in [0.05, 0.1) is 18.6 Å². The molecule has 1 N–H and O–H groups in total. The summed E-state index contributed by atoms with van der Waals surface area (Å²) in [5.74, 6) is 0.780. The number of hydrogen-bond acceptors (Lipinski definition) is 5. The number of carbonyl (C=O) groups is 2. The summed E-state index contributed by atoms with van der Waals surface area (Å²) >= 11 is 0. The number of benzene rings is 1. The molecule has 2 aromatic rings. The number of nitrogens with one attached hydrogen (secondary N) is 1. The lowest BCUT2D eigenvalue weighted by Gasteiger charge is -2.08. The molecule has 1 unspecified atom stereocenters. The van der Waals surface area contributed by atoms with Gasteiger partial charge in [-0.25, -0.2) is 0 Å². The van der Waals surface area contributed by atoms with Crippen molar-refractivity contribution in [1.82, 2.24) is 10.5 Å². The van der Waals surface area contributed by atoms with Crippen molar-refractivity contribution in [2.24, 2.45) is 5.92 Å². The standard InChI is InChI=1S/C20H24N2O4/c23-13-17-18(11-20(24)21-12-16-9-10-25-14-16)22-26-19(17)8-4-7-15-5-2-1-3-6-15/h1-3,5-6,13,16H,4,7-12,14H2,(H,21,24). The van der Waals surface area contributed by atoms with Crippen molar-refractivity contribution in [2.75, 3.05) is 19.8 Å². The van der Waals surface area contributed by atoms with Gasteiger partial charge in [0, 0.05) is 25.5 Å². The smallest absolute Gasteiger partial charge is 0.226 e. The van der Waals surface area contributed by atoms with Crippen molar-refractivity contribution >= 4 is 12.2 Å². The van der Waals surface area contributed by atoms with Gasteiger partial charge < -0.3 is 14.6 Å². The predicted molar refractivity (Wildman–Crippen MR) is 96.0 cm³/mol. The summed E-state index contributed by atoms with van der Waals surface area (Å²) in [4.78, 5) is 23.5. The third-order valence-corrected chi connectivity index (χ3v) is 4.65. The van der Waals surface area contributed by atoms with Crippen LogP contribution in [0.3, 0.4) is 0 Å². The van der Waals surface area contributed by atoms with Gasteiger partial charge in [0.15, 0.2) is 6.29 Å². The fraction of sp³-hybridized carbons (Fsp3) is 0.450. The van der Waals surface area contributed by atoms with Gasteiger partial charge in [-0.3, -0.25) is 9.59 Å². The van der Waals surface area contributed by atoms with E-state index in [0.29, 0.717) is 42.5 Å². The van der Waals surface area contributed by atoms with E-state index in [-0.39, 0.29) is 12.3 Å². The van der Waals surface area contributed by atoms with Crippen molar-refractivity contribution < 1.29 is 18.8 Å². The Labute approximate surface area is 152 Å². The first-order valence-electron chi connectivity index (χ1n) is 9.07. The summed E-state index contributed by atoms with van der Waals surface area (Å²) in [5, 5.41) is 6.82. The van der Waals surface area contributed by atoms with E-state index in [1.54, 1.807) is 0 Å². The summed E-state index contributed by atoms with van der Waals surface area (Å²) in [6.45, 7) is 2.04. The minimum atomic E-state index is -0.149. The lowest BCUT2D eigenvalue weighted by molar-refractivity contribution is -0.120. The molecule has 1 fully saturated rings. The average molecular weight is 356 g/mol. The Morgan fingerprint density at radius 2 is 2.12 bits per heavy atom. The molecule has 138 valence electrons. The molecule has 1 aromatic carbocycles. The summed E-state index contributed by atoms with van der Waals surface area (Å²) < 4.78 is 10.6. The molecule has 26 heavy (non-hydrogen) atoms. The van der Waals surface area contributed by atoms with Crippen LogP contribution in [0.5, 0.6) is 0 Å². The summed E-state index contributed by atoms with van der Waals surface area (Å²) in [5.41, 5.74) is 2.07. The normalized spacial score (nSPS) is 16.5. The number of aryl methyl sites for hydroxylation is 2. The first-order valence-corrected chi connectivity index (χ1v) is 9.07. The number of ether oxygens (including phenoxy) is 1. The highest BCUT2D eigenvalue weighted by molar-refractivity contribution is 5.84. The number of amides is 1. The van der Waals surface area contributed by atoms with E-state index in [1.165, 1.54) is 5.56 Å². The summed E-state index contributed by atoms with van der Waals surface area (Å²) in [7, 11) is 0. The summed E-state index contributed by atoms with van der Waals surface area (Å²) in [6.07, 6.45) is 4.14. The zero-order valence-corrected chi connectivity index (χ0v) is 14.8. The van der Waals surface area contributed by atoms with Crippen LogP contribution >= 0.6 is 0 Å². The van der Waals surface area contributed by atoms with E-state index in [4.69, 9.17) is 9.26 Å². The second-order valence-corrected chi connectivity index (χ2v) is 6.63. The maximum Gasteiger partial charge on any atom is 0.226 e. The van der Waals surface area contributed by atoms with Gasteiger partial charge in [-0.1, -0.05) is 35.5 Å². The van der Waals surface area contributed by atoms with Crippen molar-refractivity contribution in [3.05, 3.63) is 52.9 Å². The Morgan fingerprint density at radius 1 is 1.27 bits per heavy atom. The van der Waals surface area contributed by atoms with Crippen LogP contribution in [0.25, 0.3) is 0 Å². The minimum Gasteiger partial charge on any atom is -0.381 e. The Kier molecular flexibility index (Phi) is 6.55. The summed E-state index contributed by atoms with van der Waals surface area (Å²) in [6, 6.07) is 10.2. The van der Waals surface area contributed by atoms with Gasteiger partial charge in [-0.15, -0.1) is 0 Å². The Hall–Kier alpha value is -2.47. The van der Waals surface area contributed by atoms with E-state index >= 15 is 0 Å². The number of aldehydes is 1. The van der Waals surface area contributed by atoms with Crippen LogP contribution < -0.4 is 5.32 Å². The van der Waals surface area contributed by atoms with Crippen LogP contribution in [0.4, 0.5) is 0 Å². The lowest BCUT2D eigenvalue weighted by atomic mass is 10.0. The maximum atomic E-state index is 12.1. The van der Waals surface area contributed by atoms with Gasteiger partial charge in [-0.05, 0) is 24.8 Å². The number of hydrogen-bond donors (Lipinski definition) is 1. The van der Waals surface area contributed by atoms with Gasteiger partial charge in [0.2, 0.25) is 5.91 Å². The molecule has 1 aliphatic rings. The first kappa shape index (κ1) is 18.3. The van der Waals surface area contributed by atoms with Crippen LogP contribution in [0.15, 0.2) is 34.9 Å². The Bertz CT molecular complexity index is 721. The topological polar surface area (TPSA) is 81.4 Å². The lowest BCUT2D eigenvalue weighted by Crippen LogP contribution is -2.31. The molecule has 6 heteroatoms. The molecule has 2 heterocycles. The van der Waals surface area contributed by atoms with Gasteiger partial charge in [0.1, 0.15) is 11.5 Å². The van der Waals surface area contributed by atoms with Gasteiger partial charge >= 0.3 is 0 Å². The van der Waals surface area contributed by atoms with Crippen molar-refractivity contribution in [2.45, 2.75) is 32.1 Å². The van der Waals surface area contributed by atoms with Crippen molar-refractivity contribution in [3.63, 3.8) is 0 Å². The second kappa shape index (κ2) is 9.29.